The molecule has 0 aromatic heterocycles. The second kappa shape index (κ2) is 3.58. The summed E-state index contributed by atoms with van der Waals surface area (Å²) in [4.78, 5) is 4.32. The van der Waals surface area contributed by atoms with E-state index in [2.05, 4.69) is 11.4 Å². The molecule has 0 aliphatic rings. The van der Waals surface area contributed by atoms with E-state index in [1.54, 1.807) is 0 Å². The van der Waals surface area contributed by atoms with Crippen LogP contribution >= 0.6 is 0 Å². The monoisotopic (exact) mass is 145 g/mol. The highest BCUT2D eigenvalue weighted by Crippen LogP contribution is 2.11. The van der Waals surface area contributed by atoms with Crippen LogP contribution in [0, 0.1) is 0 Å². The summed E-state index contributed by atoms with van der Waals surface area (Å²) in [6.07, 6.45) is 0. The minimum atomic E-state index is -0.213. The molecule has 0 saturated carbocycles. The van der Waals surface area contributed by atoms with Gasteiger partial charge in [-0.2, -0.15) is 0 Å². The fraction of sp³-hybridized carbons (Fsp3) is 0.714. The van der Waals surface area contributed by atoms with Crippen LogP contribution in [0.2, 0.25) is 0 Å². The summed E-state index contributed by atoms with van der Waals surface area (Å²) in [5.41, 5.74) is -0.213. The van der Waals surface area contributed by atoms with Crippen LogP contribution < -0.4 is 5.90 Å². The zero-order valence-electron chi connectivity index (χ0n) is 6.81. The molecule has 60 valence electrons. The van der Waals surface area contributed by atoms with Crippen molar-refractivity contribution in [3.05, 3.63) is 12.3 Å². The predicted molar refractivity (Wildman–Crippen MR) is 40.1 cm³/mol. The van der Waals surface area contributed by atoms with E-state index < -0.39 is 0 Å². The Hall–Kier alpha value is -0.540. The van der Waals surface area contributed by atoms with Crippen molar-refractivity contribution in [2.45, 2.75) is 26.4 Å². The summed E-state index contributed by atoms with van der Waals surface area (Å²) in [6.45, 7) is 9.67. The van der Waals surface area contributed by atoms with Crippen LogP contribution in [-0.2, 0) is 9.57 Å². The Morgan fingerprint density at radius 2 is 2.00 bits per heavy atom. The summed E-state index contributed by atoms with van der Waals surface area (Å²) in [5, 5.41) is 0. The van der Waals surface area contributed by atoms with Gasteiger partial charge in [-0.3, -0.25) is 4.84 Å². The van der Waals surface area contributed by atoms with Gasteiger partial charge in [0.05, 0.1) is 0 Å². The molecule has 0 bridgehead atoms. The second-order valence-corrected chi connectivity index (χ2v) is 3.06. The van der Waals surface area contributed by atoms with E-state index in [9.17, 15) is 0 Å². The van der Waals surface area contributed by atoms with Crippen molar-refractivity contribution in [3.63, 3.8) is 0 Å². The van der Waals surface area contributed by atoms with Crippen LogP contribution in [0.1, 0.15) is 20.8 Å². The molecule has 0 spiro atoms. The third kappa shape index (κ3) is 5.59. The largest absolute Gasteiger partial charge is 0.491 e. The molecule has 0 atom stereocenters. The average molecular weight is 145 g/mol. The molecule has 0 aliphatic carbocycles. The maximum atomic E-state index is 5.28. The first kappa shape index (κ1) is 9.46. The van der Waals surface area contributed by atoms with Gasteiger partial charge < -0.3 is 4.74 Å². The molecule has 0 amide bonds. The molecular weight excluding hydrogens is 130 g/mol. The molecule has 0 rings (SSSR count). The van der Waals surface area contributed by atoms with Gasteiger partial charge in [0.1, 0.15) is 18.0 Å². The van der Waals surface area contributed by atoms with Crippen LogP contribution in [0.25, 0.3) is 0 Å². The molecule has 0 aromatic carbocycles. The van der Waals surface area contributed by atoms with Crippen molar-refractivity contribution in [1.29, 1.82) is 0 Å². The first-order valence-electron chi connectivity index (χ1n) is 3.14. The van der Waals surface area contributed by atoms with E-state index in [1.165, 1.54) is 0 Å². The van der Waals surface area contributed by atoms with Crippen LogP contribution in [0.4, 0.5) is 0 Å². The van der Waals surface area contributed by atoms with Gasteiger partial charge in [-0.1, -0.05) is 6.58 Å². The molecule has 0 aliphatic heterocycles. The van der Waals surface area contributed by atoms with E-state index in [0.717, 1.165) is 0 Å². The number of nitrogens with two attached hydrogens (primary N) is 1. The third-order valence-corrected chi connectivity index (χ3v) is 0.695. The Balaban J connectivity index is 3.58. The SMILES string of the molecule is C=C(CON)OC(C)(C)C. The van der Waals surface area contributed by atoms with Gasteiger partial charge in [-0.25, -0.2) is 5.90 Å². The zero-order chi connectivity index (χ0) is 8.20. The van der Waals surface area contributed by atoms with Crippen molar-refractivity contribution in [1.82, 2.24) is 0 Å². The van der Waals surface area contributed by atoms with Gasteiger partial charge >= 0.3 is 0 Å². The van der Waals surface area contributed by atoms with Gasteiger partial charge in [0, 0.05) is 0 Å². The molecule has 0 fully saturated rings. The smallest absolute Gasteiger partial charge is 0.124 e. The normalized spacial score (nSPS) is 11.2. The molecule has 0 radical (unpaired) electrons. The van der Waals surface area contributed by atoms with E-state index in [4.69, 9.17) is 10.6 Å². The summed E-state index contributed by atoms with van der Waals surface area (Å²) >= 11 is 0. The highest BCUT2D eigenvalue weighted by molar-refractivity contribution is 4.84. The first-order chi connectivity index (χ1) is 4.45. The number of rotatable bonds is 3. The van der Waals surface area contributed by atoms with Gasteiger partial charge in [0.15, 0.2) is 0 Å². The molecule has 0 saturated heterocycles. The lowest BCUT2D eigenvalue weighted by molar-refractivity contribution is 0.0178. The molecule has 2 N–H and O–H groups in total. The van der Waals surface area contributed by atoms with Crippen LogP contribution in [0.3, 0.4) is 0 Å². The molecular formula is C7H15NO2. The van der Waals surface area contributed by atoms with E-state index in [1.807, 2.05) is 20.8 Å². The van der Waals surface area contributed by atoms with Crippen molar-refractivity contribution < 1.29 is 9.57 Å². The lowest BCUT2D eigenvalue weighted by Gasteiger charge is -2.21. The highest BCUT2D eigenvalue weighted by atomic mass is 16.6. The lowest BCUT2D eigenvalue weighted by atomic mass is 10.2. The molecule has 0 heterocycles. The Morgan fingerprint density at radius 1 is 1.50 bits per heavy atom. The molecule has 3 nitrogen and oxygen atoms in total. The minimum absolute atomic E-state index is 0.213. The Bertz CT molecular complexity index is 115. The minimum Gasteiger partial charge on any atom is -0.491 e. The van der Waals surface area contributed by atoms with E-state index in [-0.39, 0.29) is 12.2 Å². The van der Waals surface area contributed by atoms with E-state index in [0.29, 0.717) is 5.76 Å². The van der Waals surface area contributed by atoms with Gasteiger partial charge in [-0.15, -0.1) is 0 Å². The summed E-state index contributed by atoms with van der Waals surface area (Å²) in [5.74, 6) is 5.36. The summed E-state index contributed by atoms with van der Waals surface area (Å²) in [6, 6.07) is 0. The summed E-state index contributed by atoms with van der Waals surface area (Å²) < 4.78 is 5.28. The Kier molecular flexibility index (Phi) is 3.39. The third-order valence-electron chi connectivity index (χ3n) is 0.695. The van der Waals surface area contributed by atoms with Crippen molar-refractivity contribution >= 4 is 0 Å². The van der Waals surface area contributed by atoms with Gasteiger partial charge in [0.25, 0.3) is 0 Å². The Morgan fingerprint density at radius 3 is 2.30 bits per heavy atom. The van der Waals surface area contributed by atoms with Crippen molar-refractivity contribution in [3.8, 4) is 0 Å². The van der Waals surface area contributed by atoms with Gasteiger partial charge in [-0.05, 0) is 20.8 Å². The molecule has 0 unspecified atom stereocenters. The van der Waals surface area contributed by atoms with Crippen LogP contribution in [-0.4, -0.2) is 12.2 Å². The maximum absolute atomic E-state index is 5.28. The molecule has 10 heavy (non-hydrogen) atoms. The van der Waals surface area contributed by atoms with E-state index >= 15 is 0 Å². The lowest BCUT2D eigenvalue weighted by Crippen LogP contribution is -2.20. The zero-order valence-corrected chi connectivity index (χ0v) is 6.81. The number of hydrogen-bond acceptors (Lipinski definition) is 3. The van der Waals surface area contributed by atoms with Crippen molar-refractivity contribution in [2.75, 3.05) is 6.61 Å². The number of hydrogen-bond donors (Lipinski definition) is 1. The fourth-order valence-electron chi connectivity index (χ4n) is 0.555. The first-order valence-corrected chi connectivity index (χ1v) is 3.14. The molecule has 0 aromatic rings. The Labute approximate surface area is 61.8 Å². The standard InChI is InChI=1S/C7H15NO2/c1-6(5-9-8)10-7(2,3)4/h1,5,8H2,2-4H3. The average Bonchev–Trinajstić information content (AvgIpc) is 1.59. The fourth-order valence-corrected chi connectivity index (χ4v) is 0.555. The van der Waals surface area contributed by atoms with Crippen LogP contribution in [0.5, 0.6) is 0 Å². The quantitative estimate of drug-likeness (QED) is 0.479. The number of ether oxygens (including phenoxy) is 1. The summed E-state index contributed by atoms with van der Waals surface area (Å²) in [7, 11) is 0. The maximum Gasteiger partial charge on any atom is 0.124 e. The molecule has 3 heteroatoms. The van der Waals surface area contributed by atoms with Crippen LogP contribution in [0.15, 0.2) is 12.3 Å². The second-order valence-electron chi connectivity index (χ2n) is 3.06. The van der Waals surface area contributed by atoms with Crippen molar-refractivity contribution in [2.24, 2.45) is 5.90 Å². The van der Waals surface area contributed by atoms with Gasteiger partial charge in [0.2, 0.25) is 0 Å². The topological polar surface area (TPSA) is 44.5 Å². The predicted octanol–water partition coefficient (Wildman–Crippen LogP) is 1.21. The highest BCUT2D eigenvalue weighted by Gasteiger charge is 2.11.